The Morgan fingerprint density at radius 3 is 2.79 bits per heavy atom. The van der Waals surface area contributed by atoms with E-state index in [1.54, 1.807) is 30.7 Å². The number of rotatable bonds is 4. The van der Waals surface area contributed by atoms with Crippen molar-refractivity contribution in [1.29, 1.82) is 0 Å². The van der Waals surface area contributed by atoms with Gasteiger partial charge in [0.25, 0.3) is 0 Å². The van der Waals surface area contributed by atoms with E-state index >= 15 is 0 Å². The molecule has 28 heavy (non-hydrogen) atoms. The molecule has 1 aromatic carbocycles. The number of amides is 2. The number of carbonyl (C=O) groups is 1. The summed E-state index contributed by atoms with van der Waals surface area (Å²) in [6.45, 7) is 2.40. The van der Waals surface area contributed by atoms with Gasteiger partial charge in [-0.1, -0.05) is 29.0 Å². The molecule has 0 aliphatic heterocycles. The minimum atomic E-state index is -0.286. The van der Waals surface area contributed by atoms with E-state index in [4.69, 9.17) is 11.6 Å². The average molecular weight is 410 g/mol. The molecule has 0 spiro atoms. The Morgan fingerprint density at radius 1 is 1.18 bits per heavy atom. The molecule has 0 aliphatic carbocycles. The van der Waals surface area contributed by atoms with Crippen molar-refractivity contribution in [3.8, 4) is 22.4 Å². The molecule has 0 bridgehead atoms. The third-order valence-corrected chi connectivity index (χ3v) is 5.38. The number of fused-ring (bicyclic) bond motifs is 1. The molecule has 0 atom stereocenters. The van der Waals surface area contributed by atoms with Crippen molar-refractivity contribution in [2.75, 3.05) is 11.9 Å². The first-order chi connectivity index (χ1) is 13.7. The van der Waals surface area contributed by atoms with Crippen molar-refractivity contribution in [3.63, 3.8) is 0 Å². The molecule has 8 heteroatoms. The first-order valence-corrected chi connectivity index (χ1v) is 9.86. The molecule has 0 aliphatic rings. The van der Waals surface area contributed by atoms with Crippen molar-refractivity contribution in [1.82, 2.24) is 20.3 Å². The number of anilines is 1. The average Bonchev–Trinajstić information content (AvgIpc) is 3.11. The zero-order valence-electron chi connectivity index (χ0n) is 14.9. The van der Waals surface area contributed by atoms with Gasteiger partial charge in [0.1, 0.15) is 0 Å². The number of thiazole rings is 1. The number of urea groups is 1. The summed E-state index contributed by atoms with van der Waals surface area (Å²) in [7, 11) is 0. The van der Waals surface area contributed by atoms with Gasteiger partial charge in [-0.2, -0.15) is 0 Å². The topological polar surface area (TPSA) is 79.8 Å². The molecule has 2 N–H and O–H groups in total. The van der Waals surface area contributed by atoms with E-state index in [2.05, 4.69) is 25.6 Å². The first kappa shape index (κ1) is 18.3. The normalized spacial score (nSPS) is 10.8. The number of benzene rings is 1. The minimum absolute atomic E-state index is 0.286. The van der Waals surface area contributed by atoms with E-state index in [1.165, 1.54) is 11.3 Å². The number of hydrogen-bond acceptors (Lipinski definition) is 5. The number of carbonyl (C=O) groups excluding carboxylic acids is 1. The fraction of sp³-hybridized carbons (Fsp3) is 0.100. The van der Waals surface area contributed by atoms with Crippen LogP contribution in [0.3, 0.4) is 0 Å². The Balaban J connectivity index is 1.90. The highest BCUT2D eigenvalue weighted by Gasteiger charge is 2.16. The van der Waals surface area contributed by atoms with Gasteiger partial charge in [-0.3, -0.25) is 15.3 Å². The van der Waals surface area contributed by atoms with Gasteiger partial charge in [0, 0.05) is 36.3 Å². The van der Waals surface area contributed by atoms with Gasteiger partial charge < -0.3 is 5.32 Å². The summed E-state index contributed by atoms with van der Waals surface area (Å²) in [6, 6.07) is 11.2. The molecular formula is C20H16ClN5OS. The number of pyridine rings is 2. The fourth-order valence-electron chi connectivity index (χ4n) is 2.85. The van der Waals surface area contributed by atoms with Gasteiger partial charge in [0.05, 0.1) is 20.9 Å². The molecule has 0 saturated carbocycles. The van der Waals surface area contributed by atoms with E-state index in [0.717, 1.165) is 26.9 Å². The number of aromatic nitrogens is 3. The predicted molar refractivity (Wildman–Crippen MR) is 114 cm³/mol. The van der Waals surface area contributed by atoms with Crippen LogP contribution >= 0.6 is 22.9 Å². The third-order valence-electron chi connectivity index (χ3n) is 4.06. The van der Waals surface area contributed by atoms with E-state index < -0.39 is 0 Å². The van der Waals surface area contributed by atoms with Crippen LogP contribution in [-0.2, 0) is 0 Å². The van der Waals surface area contributed by atoms with Crippen molar-refractivity contribution >= 4 is 44.3 Å². The van der Waals surface area contributed by atoms with Crippen LogP contribution < -0.4 is 10.6 Å². The van der Waals surface area contributed by atoms with Crippen LogP contribution in [0, 0.1) is 0 Å². The van der Waals surface area contributed by atoms with Crippen molar-refractivity contribution in [2.24, 2.45) is 0 Å². The van der Waals surface area contributed by atoms with Gasteiger partial charge >= 0.3 is 6.03 Å². The van der Waals surface area contributed by atoms with E-state index in [-0.39, 0.29) is 6.03 Å². The molecule has 3 aromatic heterocycles. The highest BCUT2D eigenvalue weighted by Crippen LogP contribution is 2.39. The lowest BCUT2D eigenvalue weighted by Crippen LogP contribution is -2.28. The van der Waals surface area contributed by atoms with Crippen LogP contribution in [0.5, 0.6) is 0 Å². The van der Waals surface area contributed by atoms with Gasteiger partial charge in [-0.25, -0.2) is 9.78 Å². The molecular weight excluding hydrogens is 394 g/mol. The smallest absolute Gasteiger partial charge is 0.321 e. The second kappa shape index (κ2) is 7.92. The van der Waals surface area contributed by atoms with Crippen LogP contribution in [0.15, 0.2) is 55.0 Å². The number of nitrogens with one attached hydrogen (secondary N) is 2. The highest BCUT2D eigenvalue weighted by molar-refractivity contribution is 7.22. The Morgan fingerprint density at radius 2 is 2.04 bits per heavy atom. The Bertz CT molecular complexity index is 1150. The van der Waals surface area contributed by atoms with Crippen LogP contribution in [0.25, 0.3) is 32.6 Å². The molecule has 4 rings (SSSR count). The maximum absolute atomic E-state index is 11.9. The molecule has 4 aromatic rings. The summed E-state index contributed by atoms with van der Waals surface area (Å²) in [5, 5.41) is 6.55. The lowest BCUT2D eigenvalue weighted by Gasteiger charge is -2.08. The predicted octanol–water partition coefficient (Wildman–Crippen LogP) is 5.22. The van der Waals surface area contributed by atoms with E-state index in [9.17, 15) is 4.79 Å². The molecule has 3 heterocycles. The maximum atomic E-state index is 11.9. The molecule has 6 nitrogen and oxygen atoms in total. The standard InChI is InChI=1S/C20H16ClN5OS/c1-2-23-19(27)26-20-25-16-10-13(12-5-3-7-22-11-12)9-14(18(16)28-20)17-15(21)6-4-8-24-17/h3-11H,2H2,1H3,(H2,23,25,26,27). The number of nitrogens with zero attached hydrogens (tertiary/aromatic N) is 3. The van der Waals surface area contributed by atoms with Gasteiger partial charge in [-0.15, -0.1) is 0 Å². The van der Waals surface area contributed by atoms with E-state index in [0.29, 0.717) is 22.4 Å². The molecule has 0 saturated heterocycles. The molecule has 2 amide bonds. The monoisotopic (exact) mass is 409 g/mol. The van der Waals surface area contributed by atoms with Crippen LogP contribution in [0.2, 0.25) is 5.02 Å². The summed E-state index contributed by atoms with van der Waals surface area (Å²) < 4.78 is 0.903. The Kier molecular flexibility index (Phi) is 5.18. The van der Waals surface area contributed by atoms with E-state index in [1.807, 2.05) is 31.2 Å². The number of hydrogen-bond donors (Lipinski definition) is 2. The van der Waals surface area contributed by atoms with Crippen LogP contribution in [0.4, 0.5) is 9.93 Å². The largest absolute Gasteiger partial charge is 0.338 e. The van der Waals surface area contributed by atoms with Crippen molar-refractivity contribution in [3.05, 3.63) is 60.0 Å². The van der Waals surface area contributed by atoms with Gasteiger partial charge in [-0.05, 0) is 42.8 Å². The van der Waals surface area contributed by atoms with Crippen molar-refractivity contribution < 1.29 is 4.79 Å². The van der Waals surface area contributed by atoms with Crippen LogP contribution in [-0.4, -0.2) is 27.5 Å². The molecule has 0 unspecified atom stereocenters. The quantitative estimate of drug-likeness (QED) is 0.484. The number of halogens is 1. The Labute approximate surface area is 170 Å². The lowest BCUT2D eigenvalue weighted by atomic mass is 10.0. The highest BCUT2D eigenvalue weighted by atomic mass is 35.5. The van der Waals surface area contributed by atoms with Gasteiger partial charge in [0.15, 0.2) is 5.13 Å². The zero-order chi connectivity index (χ0) is 19.5. The third kappa shape index (κ3) is 3.67. The molecule has 0 fully saturated rings. The summed E-state index contributed by atoms with van der Waals surface area (Å²) in [5.74, 6) is 0. The van der Waals surface area contributed by atoms with Gasteiger partial charge in [0.2, 0.25) is 0 Å². The minimum Gasteiger partial charge on any atom is -0.338 e. The van der Waals surface area contributed by atoms with Crippen LogP contribution in [0.1, 0.15) is 6.92 Å². The second-order valence-electron chi connectivity index (χ2n) is 5.95. The SMILES string of the molecule is CCNC(=O)Nc1nc2cc(-c3cccnc3)cc(-c3ncccc3Cl)c2s1. The Hall–Kier alpha value is -3.03. The second-order valence-corrected chi connectivity index (χ2v) is 7.36. The summed E-state index contributed by atoms with van der Waals surface area (Å²) in [6.07, 6.45) is 5.24. The molecule has 0 radical (unpaired) electrons. The summed E-state index contributed by atoms with van der Waals surface area (Å²) in [5.41, 5.74) is 4.21. The summed E-state index contributed by atoms with van der Waals surface area (Å²) >= 11 is 7.81. The zero-order valence-corrected chi connectivity index (χ0v) is 16.5. The fourth-order valence-corrected chi connectivity index (χ4v) is 4.03. The molecule has 140 valence electrons. The van der Waals surface area contributed by atoms with Crippen molar-refractivity contribution in [2.45, 2.75) is 6.92 Å². The maximum Gasteiger partial charge on any atom is 0.321 e. The lowest BCUT2D eigenvalue weighted by molar-refractivity contribution is 0.252. The first-order valence-electron chi connectivity index (χ1n) is 8.66. The summed E-state index contributed by atoms with van der Waals surface area (Å²) in [4.78, 5) is 25.1.